The quantitative estimate of drug-likeness (QED) is 0.567. The van der Waals surface area contributed by atoms with E-state index in [-0.39, 0.29) is 0 Å². The lowest BCUT2D eigenvalue weighted by atomic mass is 9.70. The van der Waals surface area contributed by atoms with E-state index in [1.54, 1.807) is 11.1 Å². The fraction of sp³-hybridized carbons (Fsp3) is 0.300. The lowest BCUT2D eigenvalue weighted by molar-refractivity contribution is 0.496. The van der Waals surface area contributed by atoms with Gasteiger partial charge >= 0.3 is 0 Å². The third-order valence-corrected chi connectivity index (χ3v) is 5.04. The van der Waals surface area contributed by atoms with Gasteiger partial charge in [-0.25, -0.2) is 0 Å². The second kappa shape index (κ2) is 6.07. The van der Waals surface area contributed by atoms with Crippen LogP contribution in [0, 0.1) is 0 Å². The van der Waals surface area contributed by atoms with Crippen LogP contribution in [0.15, 0.2) is 65.7 Å². The zero-order chi connectivity index (χ0) is 14.8. The number of hydrogen-bond donors (Lipinski definition) is 0. The van der Waals surface area contributed by atoms with E-state index >= 15 is 0 Å². The molecule has 2 aromatic carbocycles. The molecule has 0 saturated heterocycles. The van der Waals surface area contributed by atoms with Crippen molar-refractivity contribution in [3.05, 3.63) is 81.9 Å². The molecule has 21 heavy (non-hydrogen) atoms. The molecule has 0 nitrogen and oxygen atoms in total. The molecule has 0 unspecified atom stereocenters. The van der Waals surface area contributed by atoms with Gasteiger partial charge in [-0.3, -0.25) is 0 Å². The molecule has 2 atom stereocenters. The van der Waals surface area contributed by atoms with E-state index in [0.29, 0.717) is 11.8 Å². The lowest BCUT2D eigenvalue weighted by Gasteiger charge is -2.34. The number of halogens is 1. The molecule has 0 spiro atoms. The van der Waals surface area contributed by atoms with Crippen LogP contribution in [-0.2, 0) is 0 Å². The SMILES string of the molecule is CC1=C(C)C[C@@H](c2ccc(Cl)cc2)[C@H](c2ccccc2)C1. The van der Waals surface area contributed by atoms with Crippen LogP contribution < -0.4 is 0 Å². The summed E-state index contributed by atoms with van der Waals surface area (Å²) in [7, 11) is 0. The van der Waals surface area contributed by atoms with Gasteiger partial charge in [-0.1, -0.05) is 65.2 Å². The predicted molar refractivity (Wildman–Crippen MR) is 91.0 cm³/mol. The second-order valence-corrected chi connectivity index (χ2v) is 6.58. The molecule has 1 heteroatoms. The summed E-state index contributed by atoms with van der Waals surface area (Å²) < 4.78 is 0. The van der Waals surface area contributed by atoms with Gasteiger partial charge in [-0.05, 0) is 61.8 Å². The minimum absolute atomic E-state index is 0.549. The van der Waals surface area contributed by atoms with E-state index < -0.39 is 0 Å². The maximum absolute atomic E-state index is 6.05. The van der Waals surface area contributed by atoms with Crippen molar-refractivity contribution in [3.63, 3.8) is 0 Å². The first-order valence-electron chi connectivity index (χ1n) is 7.61. The van der Waals surface area contributed by atoms with Crippen molar-refractivity contribution < 1.29 is 0 Å². The van der Waals surface area contributed by atoms with Gasteiger partial charge in [0.15, 0.2) is 0 Å². The third kappa shape index (κ3) is 3.06. The Labute approximate surface area is 132 Å². The first-order valence-corrected chi connectivity index (χ1v) is 7.98. The maximum atomic E-state index is 6.05. The van der Waals surface area contributed by atoms with E-state index in [1.807, 2.05) is 12.1 Å². The Balaban J connectivity index is 2.00. The van der Waals surface area contributed by atoms with Gasteiger partial charge in [0.05, 0.1) is 0 Å². The fourth-order valence-corrected chi connectivity index (χ4v) is 3.53. The van der Waals surface area contributed by atoms with Gasteiger partial charge < -0.3 is 0 Å². The largest absolute Gasteiger partial charge is 0.0843 e. The number of benzene rings is 2. The molecular formula is C20H21Cl. The predicted octanol–water partition coefficient (Wildman–Crippen LogP) is 6.34. The minimum atomic E-state index is 0.549. The zero-order valence-corrected chi connectivity index (χ0v) is 13.4. The van der Waals surface area contributed by atoms with Crippen molar-refractivity contribution in [3.8, 4) is 0 Å². The molecule has 0 aliphatic heterocycles. The summed E-state index contributed by atoms with van der Waals surface area (Å²) in [6.07, 6.45) is 2.30. The molecule has 0 saturated carbocycles. The second-order valence-electron chi connectivity index (χ2n) is 6.14. The van der Waals surface area contributed by atoms with Gasteiger partial charge in [0.25, 0.3) is 0 Å². The minimum Gasteiger partial charge on any atom is -0.0843 e. The van der Waals surface area contributed by atoms with Crippen molar-refractivity contribution in [1.82, 2.24) is 0 Å². The van der Waals surface area contributed by atoms with Gasteiger partial charge in [-0.2, -0.15) is 0 Å². The summed E-state index contributed by atoms with van der Waals surface area (Å²) in [5, 5.41) is 0.814. The summed E-state index contributed by atoms with van der Waals surface area (Å²) in [6, 6.07) is 19.3. The molecule has 0 radical (unpaired) electrons. The molecule has 0 amide bonds. The summed E-state index contributed by atoms with van der Waals surface area (Å²) in [5.41, 5.74) is 5.95. The van der Waals surface area contributed by atoms with Crippen LogP contribution in [0.3, 0.4) is 0 Å². The van der Waals surface area contributed by atoms with Crippen molar-refractivity contribution in [2.24, 2.45) is 0 Å². The van der Waals surface area contributed by atoms with Gasteiger partial charge in [0.2, 0.25) is 0 Å². The zero-order valence-electron chi connectivity index (χ0n) is 12.6. The highest BCUT2D eigenvalue weighted by Crippen LogP contribution is 2.46. The van der Waals surface area contributed by atoms with Crippen LogP contribution in [0.25, 0.3) is 0 Å². The normalized spacial score (nSPS) is 22.4. The summed E-state index contributed by atoms with van der Waals surface area (Å²) in [6.45, 7) is 4.56. The first-order chi connectivity index (χ1) is 10.1. The van der Waals surface area contributed by atoms with E-state index in [4.69, 9.17) is 11.6 Å². The van der Waals surface area contributed by atoms with E-state index in [1.165, 1.54) is 11.1 Å². The number of rotatable bonds is 2. The van der Waals surface area contributed by atoms with Gasteiger partial charge in [0.1, 0.15) is 0 Å². The number of hydrogen-bond acceptors (Lipinski definition) is 0. The number of allylic oxidation sites excluding steroid dienone is 2. The molecule has 0 heterocycles. The molecule has 2 aromatic rings. The molecular weight excluding hydrogens is 276 g/mol. The average Bonchev–Trinajstić information content (AvgIpc) is 2.51. The highest BCUT2D eigenvalue weighted by molar-refractivity contribution is 6.30. The molecule has 0 aromatic heterocycles. The maximum Gasteiger partial charge on any atom is 0.0406 e. The monoisotopic (exact) mass is 296 g/mol. The van der Waals surface area contributed by atoms with Crippen molar-refractivity contribution >= 4 is 11.6 Å². The van der Waals surface area contributed by atoms with Gasteiger partial charge in [-0.15, -0.1) is 0 Å². The van der Waals surface area contributed by atoms with Gasteiger partial charge in [0, 0.05) is 5.02 Å². The van der Waals surface area contributed by atoms with Crippen LogP contribution in [-0.4, -0.2) is 0 Å². The Morgan fingerprint density at radius 3 is 1.71 bits per heavy atom. The van der Waals surface area contributed by atoms with Crippen molar-refractivity contribution in [2.45, 2.75) is 38.5 Å². The first kappa shape index (κ1) is 14.4. The molecule has 0 N–H and O–H groups in total. The molecule has 1 aliphatic rings. The lowest BCUT2D eigenvalue weighted by Crippen LogP contribution is -2.17. The smallest absolute Gasteiger partial charge is 0.0406 e. The average molecular weight is 297 g/mol. The van der Waals surface area contributed by atoms with Crippen LogP contribution in [0.2, 0.25) is 5.02 Å². The highest BCUT2D eigenvalue weighted by Gasteiger charge is 2.29. The summed E-state index contributed by atoms with van der Waals surface area (Å²) >= 11 is 6.05. The molecule has 3 rings (SSSR count). The Morgan fingerprint density at radius 2 is 1.19 bits per heavy atom. The molecule has 108 valence electrons. The van der Waals surface area contributed by atoms with Crippen molar-refractivity contribution in [1.29, 1.82) is 0 Å². The third-order valence-electron chi connectivity index (χ3n) is 4.79. The molecule has 0 bridgehead atoms. The Hall–Kier alpha value is -1.53. The topological polar surface area (TPSA) is 0 Å². The van der Waals surface area contributed by atoms with Crippen LogP contribution >= 0.6 is 11.6 Å². The van der Waals surface area contributed by atoms with Crippen LogP contribution in [0.1, 0.15) is 49.7 Å². The molecule has 1 aliphatic carbocycles. The Morgan fingerprint density at radius 1 is 0.714 bits per heavy atom. The van der Waals surface area contributed by atoms with Crippen molar-refractivity contribution in [2.75, 3.05) is 0 Å². The highest BCUT2D eigenvalue weighted by atomic mass is 35.5. The Kier molecular flexibility index (Phi) is 4.17. The van der Waals surface area contributed by atoms with Crippen LogP contribution in [0.4, 0.5) is 0 Å². The van der Waals surface area contributed by atoms with E-state index in [0.717, 1.165) is 17.9 Å². The summed E-state index contributed by atoms with van der Waals surface area (Å²) in [5.74, 6) is 1.12. The standard InChI is InChI=1S/C20H21Cl/c1-14-12-19(16-6-4-3-5-7-16)20(13-15(14)2)17-8-10-18(21)11-9-17/h3-11,19-20H,12-13H2,1-2H3/t19-,20-/m0/s1. The molecule has 0 fully saturated rings. The Bertz CT molecular complexity index is 637. The van der Waals surface area contributed by atoms with E-state index in [2.05, 4.69) is 56.3 Å². The van der Waals surface area contributed by atoms with Crippen LogP contribution in [0.5, 0.6) is 0 Å². The van der Waals surface area contributed by atoms with E-state index in [9.17, 15) is 0 Å². The fourth-order valence-electron chi connectivity index (χ4n) is 3.40. The summed E-state index contributed by atoms with van der Waals surface area (Å²) in [4.78, 5) is 0.